The van der Waals surface area contributed by atoms with Crippen LogP contribution in [0.2, 0.25) is 0 Å². The van der Waals surface area contributed by atoms with E-state index < -0.39 is 23.9 Å². The molecule has 1 heterocycles. The van der Waals surface area contributed by atoms with Crippen LogP contribution in [-0.4, -0.2) is 27.9 Å². The van der Waals surface area contributed by atoms with Crippen LogP contribution in [0.3, 0.4) is 0 Å². The minimum Gasteiger partial charge on any atom is -0.364 e. The number of nitrogens with two attached hydrogens (primary N) is 1. The number of benzene rings is 1. The average molecular weight is 379 g/mol. The Balaban J connectivity index is 2.31. The van der Waals surface area contributed by atoms with E-state index in [2.05, 4.69) is 4.98 Å². The molecular weight excluding hydrogens is 366 g/mol. The summed E-state index contributed by atoms with van der Waals surface area (Å²) in [5.41, 5.74) is 5.02. The lowest BCUT2D eigenvalue weighted by atomic mass is 10.1. The van der Waals surface area contributed by atoms with E-state index in [1.165, 1.54) is 6.20 Å². The number of carbonyl (C=O) groups excluding carboxylic acids is 1. The molecule has 1 aromatic heterocycles. The summed E-state index contributed by atoms with van der Waals surface area (Å²) >= 11 is 1.75. The Morgan fingerprint density at radius 3 is 2.46 bits per heavy atom. The van der Waals surface area contributed by atoms with Gasteiger partial charge in [0, 0.05) is 6.54 Å². The zero-order valence-electron chi connectivity index (χ0n) is 12.4. The molecule has 1 unspecified atom stereocenters. The number of alkyl halides is 3. The highest BCUT2D eigenvalue weighted by atomic mass is 32.2. The maximum absolute atomic E-state index is 13.5. The van der Waals surface area contributed by atoms with Crippen molar-refractivity contribution in [3.63, 3.8) is 0 Å². The van der Waals surface area contributed by atoms with Gasteiger partial charge in [0.2, 0.25) is 0 Å². The first-order valence-corrected chi connectivity index (χ1v) is 8.33. The van der Waals surface area contributed by atoms with Crippen LogP contribution < -0.4 is 5.73 Å². The molecule has 24 heavy (non-hydrogen) atoms. The standard InChI is InChI=1S/C14H13F4N3OS2/c1-2-21(24-10-7-20-13(23-10)12(19)22)11(14(16,17)18)8-3-5-9(15)6-4-8/h3-7,11H,2H2,1H3,(H2,19,22). The van der Waals surface area contributed by atoms with Crippen molar-refractivity contribution < 1.29 is 22.4 Å². The van der Waals surface area contributed by atoms with Crippen molar-refractivity contribution in [1.29, 1.82) is 0 Å². The highest BCUT2D eigenvalue weighted by molar-refractivity contribution is 7.99. The zero-order chi connectivity index (χ0) is 17.9. The van der Waals surface area contributed by atoms with Crippen LogP contribution in [0.4, 0.5) is 17.6 Å². The molecule has 2 rings (SSSR count). The number of hydrogen-bond acceptors (Lipinski definition) is 5. The van der Waals surface area contributed by atoms with E-state index in [9.17, 15) is 22.4 Å². The third-order valence-electron chi connectivity index (χ3n) is 3.00. The topological polar surface area (TPSA) is 59.2 Å². The van der Waals surface area contributed by atoms with E-state index in [0.29, 0.717) is 4.21 Å². The van der Waals surface area contributed by atoms with E-state index >= 15 is 0 Å². The second-order valence-corrected chi connectivity index (χ2v) is 7.05. The quantitative estimate of drug-likeness (QED) is 0.609. The van der Waals surface area contributed by atoms with Crippen molar-refractivity contribution in [1.82, 2.24) is 9.29 Å². The summed E-state index contributed by atoms with van der Waals surface area (Å²) < 4.78 is 55.1. The van der Waals surface area contributed by atoms with Gasteiger partial charge in [0.05, 0.1) is 10.4 Å². The first-order chi connectivity index (χ1) is 11.2. The van der Waals surface area contributed by atoms with E-state index in [-0.39, 0.29) is 17.1 Å². The number of thiazole rings is 1. The smallest absolute Gasteiger partial charge is 0.364 e. The fourth-order valence-corrected chi connectivity index (χ4v) is 3.98. The number of carbonyl (C=O) groups is 1. The monoisotopic (exact) mass is 379 g/mol. The maximum Gasteiger partial charge on any atom is 0.408 e. The minimum absolute atomic E-state index is 0.0268. The normalized spacial score (nSPS) is 13.2. The van der Waals surface area contributed by atoms with Gasteiger partial charge in [0.15, 0.2) is 5.01 Å². The lowest BCUT2D eigenvalue weighted by Crippen LogP contribution is -2.34. The summed E-state index contributed by atoms with van der Waals surface area (Å²) in [5.74, 6) is -1.34. The Morgan fingerprint density at radius 1 is 1.38 bits per heavy atom. The number of rotatable bonds is 6. The van der Waals surface area contributed by atoms with E-state index in [1.54, 1.807) is 6.92 Å². The predicted molar refractivity (Wildman–Crippen MR) is 84.1 cm³/mol. The van der Waals surface area contributed by atoms with Gasteiger partial charge >= 0.3 is 6.18 Å². The summed E-state index contributed by atoms with van der Waals surface area (Å²) in [6.45, 7) is 1.64. The van der Waals surface area contributed by atoms with Crippen LogP contribution in [0.5, 0.6) is 0 Å². The third-order valence-corrected chi connectivity index (χ3v) is 5.27. The predicted octanol–water partition coefficient (Wildman–Crippen LogP) is 4.01. The Labute approximate surface area is 143 Å². The Hall–Kier alpha value is -1.65. The SMILES string of the molecule is CCN(Sc1cnc(C(N)=O)s1)C(c1ccc(F)cc1)C(F)(F)F. The summed E-state index contributed by atoms with van der Waals surface area (Å²) in [6.07, 6.45) is -3.26. The number of nitrogens with zero attached hydrogens (tertiary/aromatic N) is 2. The van der Waals surface area contributed by atoms with Gasteiger partial charge in [-0.3, -0.25) is 4.79 Å². The molecule has 1 aromatic carbocycles. The molecule has 1 amide bonds. The number of amides is 1. The molecule has 4 nitrogen and oxygen atoms in total. The molecule has 2 aromatic rings. The molecule has 1 atom stereocenters. The first kappa shape index (κ1) is 18.7. The van der Waals surface area contributed by atoms with Crippen LogP contribution in [-0.2, 0) is 0 Å². The van der Waals surface area contributed by atoms with E-state index in [4.69, 9.17) is 5.73 Å². The van der Waals surface area contributed by atoms with E-state index in [0.717, 1.165) is 51.9 Å². The maximum atomic E-state index is 13.5. The minimum atomic E-state index is -4.56. The molecule has 0 aliphatic rings. The molecule has 0 saturated carbocycles. The third kappa shape index (κ3) is 4.46. The fourth-order valence-electron chi connectivity index (χ4n) is 1.99. The number of halogens is 4. The number of aromatic nitrogens is 1. The molecule has 0 spiro atoms. The van der Waals surface area contributed by atoms with E-state index in [1.807, 2.05) is 0 Å². The van der Waals surface area contributed by atoms with Crippen LogP contribution in [0, 0.1) is 5.82 Å². The van der Waals surface area contributed by atoms with Gasteiger partial charge in [-0.2, -0.15) is 13.2 Å². The Morgan fingerprint density at radius 2 is 2.00 bits per heavy atom. The van der Waals surface area contributed by atoms with Crippen molar-refractivity contribution in [2.75, 3.05) is 6.54 Å². The van der Waals surface area contributed by atoms with Gasteiger partial charge in [-0.15, -0.1) is 11.3 Å². The lowest BCUT2D eigenvalue weighted by molar-refractivity contribution is -0.172. The Bertz CT molecular complexity index is 703. The Kier molecular flexibility index (Phi) is 5.83. The summed E-state index contributed by atoms with van der Waals surface area (Å²) in [6, 6.07) is 2.28. The molecular formula is C14H13F4N3OS2. The van der Waals surface area contributed by atoms with Crippen molar-refractivity contribution >= 4 is 29.2 Å². The largest absolute Gasteiger partial charge is 0.408 e. The lowest BCUT2D eigenvalue weighted by Gasteiger charge is -2.31. The molecule has 2 N–H and O–H groups in total. The van der Waals surface area contributed by atoms with Crippen LogP contribution in [0.1, 0.15) is 28.3 Å². The fraction of sp³-hybridized carbons (Fsp3) is 0.286. The first-order valence-electron chi connectivity index (χ1n) is 6.74. The molecule has 130 valence electrons. The second kappa shape index (κ2) is 7.49. The molecule has 0 fully saturated rings. The highest BCUT2D eigenvalue weighted by Gasteiger charge is 2.45. The molecule has 0 aliphatic carbocycles. The molecule has 0 bridgehead atoms. The number of hydrogen-bond donors (Lipinski definition) is 1. The summed E-state index contributed by atoms with van der Waals surface area (Å²) in [4.78, 5) is 14.8. The van der Waals surface area contributed by atoms with Crippen LogP contribution in [0.25, 0.3) is 0 Å². The zero-order valence-corrected chi connectivity index (χ0v) is 14.0. The van der Waals surface area contributed by atoms with Gasteiger partial charge in [0.1, 0.15) is 11.9 Å². The molecule has 10 heteroatoms. The van der Waals surface area contributed by atoms with Gasteiger partial charge < -0.3 is 5.73 Å². The van der Waals surface area contributed by atoms with Crippen molar-refractivity contribution in [2.45, 2.75) is 23.4 Å². The van der Waals surface area contributed by atoms with Crippen molar-refractivity contribution in [2.24, 2.45) is 5.73 Å². The molecule has 0 saturated heterocycles. The molecule has 0 aliphatic heterocycles. The van der Waals surface area contributed by atoms with Gasteiger partial charge in [-0.05, 0) is 29.6 Å². The van der Waals surface area contributed by atoms with Gasteiger partial charge in [-0.25, -0.2) is 13.7 Å². The van der Waals surface area contributed by atoms with Gasteiger partial charge in [0.25, 0.3) is 5.91 Å². The highest BCUT2D eigenvalue weighted by Crippen LogP contribution is 2.43. The summed E-state index contributed by atoms with van der Waals surface area (Å²) in [5, 5.41) is 0.0268. The average Bonchev–Trinajstić information content (AvgIpc) is 2.96. The van der Waals surface area contributed by atoms with Crippen molar-refractivity contribution in [3.05, 3.63) is 46.9 Å². The summed E-state index contributed by atoms with van der Waals surface area (Å²) in [7, 11) is 0. The number of primary amides is 1. The van der Waals surface area contributed by atoms with Crippen LogP contribution >= 0.6 is 23.3 Å². The van der Waals surface area contributed by atoms with Gasteiger partial charge in [-0.1, -0.05) is 19.1 Å². The second-order valence-electron chi connectivity index (χ2n) is 4.67. The molecule has 0 radical (unpaired) electrons. The van der Waals surface area contributed by atoms with Crippen LogP contribution in [0.15, 0.2) is 34.7 Å². The van der Waals surface area contributed by atoms with Crippen molar-refractivity contribution in [3.8, 4) is 0 Å².